The second kappa shape index (κ2) is 4.77. The quantitative estimate of drug-likeness (QED) is 0.774. The summed E-state index contributed by atoms with van der Waals surface area (Å²) in [6, 6.07) is 9.93. The molecule has 0 bridgehead atoms. The van der Waals surface area contributed by atoms with E-state index < -0.39 is 0 Å². The maximum atomic E-state index is 12.1. The average molecular weight is 342 g/mol. The summed E-state index contributed by atoms with van der Waals surface area (Å²) in [7, 11) is 0. The van der Waals surface area contributed by atoms with Gasteiger partial charge in [-0.25, -0.2) is 4.98 Å². The molecule has 0 unspecified atom stereocenters. The third kappa shape index (κ3) is 2.17. The number of rotatable bonds is 2. The molecule has 1 N–H and O–H groups in total. The molecule has 1 aliphatic carbocycles. The molecule has 1 aliphatic rings. The van der Waals surface area contributed by atoms with Crippen molar-refractivity contribution in [3.05, 3.63) is 57.0 Å². The number of aromatic nitrogens is 3. The minimum atomic E-state index is -0.142. The van der Waals surface area contributed by atoms with Crippen LogP contribution in [0.3, 0.4) is 0 Å². The third-order valence-corrected chi connectivity index (χ3v) is 4.52. The number of nitrogens with one attached hydrogen (secondary N) is 1. The molecular formula is C16H12BrN3O. The van der Waals surface area contributed by atoms with Gasteiger partial charge in [-0.3, -0.25) is 9.78 Å². The molecule has 4 nitrogen and oxygen atoms in total. The van der Waals surface area contributed by atoms with Crippen LogP contribution in [-0.4, -0.2) is 15.0 Å². The van der Waals surface area contributed by atoms with Gasteiger partial charge in [0, 0.05) is 17.5 Å². The average Bonchev–Trinajstić information content (AvgIpc) is 3.34. The first-order chi connectivity index (χ1) is 10.2. The second-order valence-electron chi connectivity index (χ2n) is 5.27. The van der Waals surface area contributed by atoms with Gasteiger partial charge >= 0.3 is 0 Å². The molecular weight excluding hydrogens is 330 g/mol. The Morgan fingerprint density at radius 2 is 2.00 bits per heavy atom. The van der Waals surface area contributed by atoms with Crippen molar-refractivity contribution in [2.45, 2.75) is 18.8 Å². The van der Waals surface area contributed by atoms with Crippen molar-refractivity contribution >= 4 is 26.7 Å². The smallest absolute Gasteiger partial charge is 0.265 e. The molecule has 0 atom stereocenters. The van der Waals surface area contributed by atoms with Crippen LogP contribution in [0.5, 0.6) is 0 Å². The second-order valence-corrected chi connectivity index (χ2v) is 6.06. The SMILES string of the molecule is O=c1[nH]c(-c2nccc3ccccc23)nc(C2CC2)c1Br. The summed E-state index contributed by atoms with van der Waals surface area (Å²) in [5.41, 5.74) is 1.43. The predicted octanol–water partition coefficient (Wildman–Crippen LogP) is 3.63. The lowest BCUT2D eigenvalue weighted by Gasteiger charge is -2.07. The highest BCUT2D eigenvalue weighted by molar-refractivity contribution is 9.10. The van der Waals surface area contributed by atoms with Gasteiger partial charge in [0.05, 0.1) is 5.69 Å². The van der Waals surface area contributed by atoms with Crippen LogP contribution in [0.2, 0.25) is 0 Å². The maximum absolute atomic E-state index is 12.1. The van der Waals surface area contributed by atoms with Crippen LogP contribution in [-0.2, 0) is 0 Å². The fraction of sp³-hybridized carbons (Fsp3) is 0.188. The monoisotopic (exact) mass is 341 g/mol. The molecule has 1 fully saturated rings. The molecule has 2 heterocycles. The van der Waals surface area contributed by atoms with Gasteiger partial charge in [0.1, 0.15) is 10.2 Å². The highest BCUT2D eigenvalue weighted by atomic mass is 79.9. The number of H-pyrrole nitrogens is 1. The van der Waals surface area contributed by atoms with E-state index in [1.54, 1.807) is 6.20 Å². The van der Waals surface area contributed by atoms with E-state index in [0.717, 1.165) is 35.0 Å². The molecule has 0 saturated heterocycles. The van der Waals surface area contributed by atoms with Crippen molar-refractivity contribution in [2.75, 3.05) is 0 Å². The zero-order valence-corrected chi connectivity index (χ0v) is 12.7. The first kappa shape index (κ1) is 12.7. The van der Waals surface area contributed by atoms with E-state index in [0.29, 0.717) is 16.2 Å². The number of halogens is 1. The van der Waals surface area contributed by atoms with E-state index in [2.05, 4.69) is 30.9 Å². The van der Waals surface area contributed by atoms with Crippen LogP contribution in [0.4, 0.5) is 0 Å². The lowest BCUT2D eigenvalue weighted by molar-refractivity contribution is 0.956. The number of hydrogen-bond donors (Lipinski definition) is 1. The Hall–Kier alpha value is -2.01. The highest BCUT2D eigenvalue weighted by Gasteiger charge is 2.29. The maximum Gasteiger partial charge on any atom is 0.265 e. The van der Waals surface area contributed by atoms with Gasteiger partial charge in [-0.1, -0.05) is 24.3 Å². The number of hydrogen-bond acceptors (Lipinski definition) is 3. The van der Waals surface area contributed by atoms with Gasteiger partial charge < -0.3 is 4.98 Å². The fourth-order valence-corrected chi connectivity index (χ4v) is 3.04. The molecule has 0 radical (unpaired) electrons. The molecule has 4 rings (SSSR count). The molecule has 1 saturated carbocycles. The van der Waals surface area contributed by atoms with E-state index in [1.807, 2.05) is 30.3 Å². The standard InChI is InChI=1S/C16H12BrN3O/c17-12-13(10-5-6-10)19-15(20-16(12)21)14-11-4-2-1-3-9(11)7-8-18-14/h1-4,7-8,10H,5-6H2,(H,19,20,21). The van der Waals surface area contributed by atoms with Crippen molar-refractivity contribution in [3.8, 4) is 11.5 Å². The van der Waals surface area contributed by atoms with E-state index >= 15 is 0 Å². The third-order valence-electron chi connectivity index (χ3n) is 3.75. The van der Waals surface area contributed by atoms with Crippen molar-refractivity contribution in [1.29, 1.82) is 0 Å². The number of aromatic amines is 1. The number of fused-ring (bicyclic) bond motifs is 1. The largest absolute Gasteiger partial charge is 0.304 e. The van der Waals surface area contributed by atoms with Crippen LogP contribution in [0.25, 0.3) is 22.3 Å². The molecule has 21 heavy (non-hydrogen) atoms. The molecule has 3 aromatic rings. The van der Waals surface area contributed by atoms with Crippen LogP contribution < -0.4 is 5.56 Å². The zero-order valence-electron chi connectivity index (χ0n) is 11.1. The minimum Gasteiger partial charge on any atom is -0.304 e. The van der Waals surface area contributed by atoms with Gasteiger partial charge in [-0.05, 0) is 40.2 Å². The first-order valence-corrected chi connectivity index (χ1v) is 7.67. The van der Waals surface area contributed by atoms with E-state index in [4.69, 9.17) is 0 Å². The van der Waals surface area contributed by atoms with Gasteiger partial charge in [-0.15, -0.1) is 0 Å². The van der Waals surface area contributed by atoms with Crippen molar-refractivity contribution in [3.63, 3.8) is 0 Å². The van der Waals surface area contributed by atoms with Crippen molar-refractivity contribution in [1.82, 2.24) is 15.0 Å². The molecule has 0 spiro atoms. The topological polar surface area (TPSA) is 58.6 Å². The number of pyridine rings is 1. The Balaban J connectivity index is 1.99. The van der Waals surface area contributed by atoms with Crippen LogP contribution >= 0.6 is 15.9 Å². The molecule has 0 aliphatic heterocycles. The lowest BCUT2D eigenvalue weighted by atomic mass is 10.1. The molecule has 0 amide bonds. The van der Waals surface area contributed by atoms with E-state index in [9.17, 15) is 4.79 Å². The van der Waals surface area contributed by atoms with E-state index in [-0.39, 0.29) is 5.56 Å². The Kier molecular flexibility index (Phi) is 2.89. The summed E-state index contributed by atoms with van der Waals surface area (Å²) < 4.78 is 0.550. The molecule has 1 aromatic carbocycles. The molecule has 104 valence electrons. The van der Waals surface area contributed by atoms with E-state index in [1.165, 1.54) is 0 Å². The van der Waals surface area contributed by atoms with Crippen molar-refractivity contribution < 1.29 is 0 Å². The molecule has 2 aromatic heterocycles. The summed E-state index contributed by atoms with van der Waals surface area (Å²) in [5.74, 6) is 0.942. The lowest BCUT2D eigenvalue weighted by Crippen LogP contribution is -2.13. The molecule has 5 heteroatoms. The Morgan fingerprint density at radius 1 is 1.19 bits per heavy atom. The Morgan fingerprint density at radius 3 is 2.81 bits per heavy atom. The Bertz CT molecular complexity index is 894. The van der Waals surface area contributed by atoms with Gasteiger partial charge in [-0.2, -0.15) is 0 Å². The number of benzene rings is 1. The van der Waals surface area contributed by atoms with Crippen molar-refractivity contribution in [2.24, 2.45) is 0 Å². The summed E-state index contributed by atoms with van der Waals surface area (Å²) >= 11 is 3.35. The van der Waals surface area contributed by atoms with Gasteiger partial charge in [0.15, 0.2) is 5.82 Å². The number of nitrogens with zero attached hydrogens (tertiary/aromatic N) is 2. The fourth-order valence-electron chi connectivity index (χ4n) is 2.52. The summed E-state index contributed by atoms with van der Waals surface area (Å²) in [6.07, 6.45) is 3.94. The first-order valence-electron chi connectivity index (χ1n) is 6.88. The van der Waals surface area contributed by atoms with Crippen LogP contribution in [0.15, 0.2) is 45.8 Å². The van der Waals surface area contributed by atoms with Crippen LogP contribution in [0.1, 0.15) is 24.5 Å². The van der Waals surface area contributed by atoms with Gasteiger partial charge in [0.25, 0.3) is 5.56 Å². The minimum absolute atomic E-state index is 0.142. The zero-order chi connectivity index (χ0) is 14.4. The summed E-state index contributed by atoms with van der Waals surface area (Å²) in [4.78, 5) is 24.0. The summed E-state index contributed by atoms with van der Waals surface area (Å²) in [6.45, 7) is 0. The Labute approximate surface area is 129 Å². The summed E-state index contributed by atoms with van der Waals surface area (Å²) in [5, 5.41) is 2.08. The van der Waals surface area contributed by atoms with Gasteiger partial charge in [0.2, 0.25) is 0 Å². The normalized spacial score (nSPS) is 14.5. The van der Waals surface area contributed by atoms with Crippen LogP contribution in [0, 0.1) is 0 Å². The highest BCUT2D eigenvalue weighted by Crippen LogP contribution is 2.41. The predicted molar refractivity (Wildman–Crippen MR) is 85.3 cm³/mol.